The molecule has 0 spiro atoms. The van der Waals surface area contributed by atoms with Crippen molar-refractivity contribution in [1.29, 1.82) is 0 Å². The first-order valence-electron chi connectivity index (χ1n) is 6.75. The largest absolute Gasteiger partial charge is 0.313 e. The van der Waals surface area contributed by atoms with Crippen molar-refractivity contribution in [1.82, 2.24) is 5.32 Å². The second kappa shape index (κ2) is 7.44. The molecule has 0 bridgehead atoms. The Labute approximate surface area is 103 Å². The molecule has 1 fully saturated rings. The van der Waals surface area contributed by atoms with Crippen molar-refractivity contribution in [2.75, 3.05) is 12.3 Å². The quantitative estimate of drug-likeness (QED) is 0.747. The minimum atomic E-state index is -0.651. The predicted octanol–water partition coefficient (Wildman–Crippen LogP) is 2.70. The van der Waals surface area contributed by atoms with Crippen molar-refractivity contribution in [3.05, 3.63) is 0 Å². The number of nitrogens with one attached hydrogen (secondary N) is 1. The van der Waals surface area contributed by atoms with Crippen LogP contribution in [0.5, 0.6) is 0 Å². The maximum absolute atomic E-state index is 12.2. The molecule has 3 unspecified atom stereocenters. The molecule has 2 nitrogen and oxygen atoms in total. The van der Waals surface area contributed by atoms with E-state index in [0.717, 1.165) is 24.6 Å². The fourth-order valence-corrected chi connectivity index (χ4v) is 3.98. The third-order valence-electron chi connectivity index (χ3n) is 3.71. The Balaban J connectivity index is 2.28. The highest BCUT2D eigenvalue weighted by Crippen LogP contribution is 2.26. The molecular formula is C13H27NOS. The first-order valence-corrected chi connectivity index (χ1v) is 8.14. The lowest BCUT2D eigenvalue weighted by atomic mass is 10.1. The third-order valence-corrected chi connectivity index (χ3v) is 5.75. The van der Waals surface area contributed by atoms with E-state index in [2.05, 4.69) is 26.1 Å². The van der Waals surface area contributed by atoms with Gasteiger partial charge in [-0.25, -0.2) is 0 Å². The summed E-state index contributed by atoms with van der Waals surface area (Å²) in [4.78, 5) is 0. The Kier molecular flexibility index (Phi) is 6.59. The van der Waals surface area contributed by atoms with E-state index in [0.29, 0.717) is 6.04 Å². The van der Waals surface area contributed by atoms with Crippen molar-refractivity contribution >= 4 is 10.8 Å². The van der Waals surface area contributed by atoms with Gasteiger partial charge in [-0.3, -0.25) is 4.21 Å². The van der Waals surface area contributed by atoms with Gasteiger partial charge in [-0.15, -0.1) is 0 Å². The lowest BCUT2D eigenvalue weighted by molar-refractivity contribution is 0.526. The Morgan fingerprint density at radius 3 is 2.50 bits per heavy atom. The van der Waals surface area contributed by atoms with Gasteiger partial charge in [-0.1, -0.05) is 19.8 Å². The van der Waals surface area contributed by atoms with Crippen LogP contribution in [-0.2, 0) is 10.8 Å². The van der Waals surface area contributed by atoms with E-state index in [1.807, 2.05) is 0 Å². The number of hydrogen-bond donors (Lipinski definition) is 1. The van der Waals surface area contributed by atoms with Gasteiger partial charge in [0.05, 0.1) is 0 Å². The Bertz CT molecular complexity index is 214. The molecule has 0 radical (unpaired) electrons. The van der Waals surface area contributed by atoms with Gasteiger partial charge in [-0.2, -0.15) is 0 Å². The molecule has 0 saturated heterocycles. The SMILES string of the molecule is CCCNC(C)C(C)S(=O)CC1CCCC1. The standard InChI is InChI=1S/C13H27NOS/c1-4-9-14-11(2)12(3)16(15)10-13-7-5-6-8-13/h11-14H,4-10H2,1-3H3. The molecular weight excluding hydrogens is 218 g/mol. The van der Waals surface area contributed by atoms with Crippen molar-refractivity contribution in [2.24, 2.45) is 5.92 Å². The molecule has 1 N–H and O–H groups in total. The summed E-state index contributed by atoms with van der Waals surface area (Å²) in [7, 11) is -0.651. The van der Waals surface area contributed by atoms with Gasteiger partial charge in [0.15, 0.2) is 0 Å². The van der Waals surface area contributed by atoms with Crippen molar-refractivity contribution in [3.63, 3.8) is 0 Å². The minimum absolute atomic E-state index is 0.284. The zero-order valence-electron chi connectivity index (χ0n) is 11.0. The molecule has 0 heterocycles. The zero-order valence-corrected chi connectivity index (χ0v) is 11.8. The Morgan fingerprint density at radius 2 is 1.94 bits per heavy atom. The average molecular weight is 245 g/mol. The van der Waals surface area contributed by atoms with Gasteiger partial charge < -0.3 is 5.32 Å². The van der Waals surface area contributed by atoms with Crippen LogP contribution >= 0.6 is 0 Å². The van der Waals surface area contributed by atoms with Crippen LogP contribution in [0.2, 0.25) is 0 Å². The highest BCUT2D eigenvalue weighted by molar-refractivity contribution is 7.85. The van der Waals surface area contributed by atoms with Crippen LogP contribution in [0.4, 0.5) is 0 Å². The summed E-state index contributed by atoms with van der Waals surface area (Å²) < 4.78 is 12.2. The van der Waals surface area contributed by atoms with Crippen LogP contribution in [0.1, 0.15) is 52.9 Å². The normalized spacial score (nSPS) is 23.2. The molecule has 1 aliphatic rings. The highest BCUT2D eigenvalue weighted by atomic mass is 32.2. The van der Waals surface area contributed by atoms with Gasteiger partial charge in [-0.05, 0) is 45.6 Å². The summed E-state index contributed by atoms with van der Waals surface area (Å²) in [5, 5.41) is 3.73. The summed E-state index contributed by atoms with van der Waals surface area (Å²) in [6.07, 6.45) is 6.44. The van der Waals surface area contributed by atoms with Crippen molar-refractivity contribution < 1.29 is 4.21 Å². The van der Waals surface area contributed by atoms with Crippen LogP contribution in [0, 0.1) is 5.92 Å². The molecule has 1 rings (SSSR count). The maximum Gasteiger partial charge on any atom is 0.0470 e. The minimum Gasteiger partial charge on any atom is -0.313 e. The predicted molar refractivity (Wildman–Crippen MR) is 72.2 cm³/mol. The lowest BCUT2D eigenvalue weighted by Gasteiger charge is -2.22. The summed E-state index contributed by atoms with van der Waals surface area (Å²) in [6.45, 7) is 7.48. The Morgan fingerprint density at radius 1 is 1.31 bits per heavy atom. The zero-order chi connectivity index (χ0) is 12.0. The second-order valence-corrected chi connectivity index (χ2v) is 6.98. The first kappa shape index (κ1) is 14.2. The van der Waals surface area contributed by atoms with E-state index in [4.69, 9.17) is 0 Å². The second-order valence-electron chi connectivity index (χ2n) is 5.15. The number of hydrogen-bond acceptors (Lipinski definition) is 2. The molecule has 0 aromatic heterocycles. The average Bonchev–Trinajstić information content (AvgIpc) is 2.77. The molecule has 0 aromatic carbocycles. The van der Waals surface area contributed by atoms with Crippen LogP contribution < -0.4 is 5.32 Å². The van der Waals surface area contributed by atoms with Gasteiger partial charge in [0.2, 0.25) is 0 Å². The van der Waals surface area contributed by atoms with E-state index in [-0.39, 0.29) is 5.25 Å². The smallest absolute Gasteiger partial charge is 0.0470 e. The summed E-state index contributed by atoms with van der Waals surface area (Å²) in [6, 6.07) is 0.377. The van der Waals surface area contributed by atoms with Gasteiger partial charge in [0.25, 0.3) is 0 Å². The van der Waals surface area contributed by atoms with Crippen molar-refractivity contribution in [2.45, 2.75) is 64.2 Å². The van der Waals surface area contributed by atoms with Crippen LogP contribution in [-0.4, -0.2) is 27.8 Å². The van der Waals surface area contributed by atoms with Gasteiger partial charge in [0.1, 0.15) is 0 Å². The van der Waals surface area contributed by atoms with E-state index < -0.39 is 10.8 Å². The molecule has 0 aliphatic heterocycles. The molecule has 0 amide bonds. The van der Waals surface area contributed by atoms with E-state index in [1.165, 1.54) is 25.7 Å². The van der Waals surface area contributed by atoms with Crippen molar-refractivity contribution in [3.8, 4) is 0 Å². The molecule has 16 heavy (non-hydrogen) atoms. The third kappa shape index (κ3) is 4.54. The summed E-state index contributed by atoms with van der Waals surface area (Å²) >= 11 is 0. The van der Waals surface area contributed by atoms with Crippen LogP contribution in [0.25, 0.3) is 0 Å². The van der Waals surface area contributed by atoms with Crippen LogP contribution in [0.15, 0.2) is 0 Å². The van der Waals surface area contributed by atoms with E-state index >= 15 is 0 Å². The summed E-state index contributed by atoms with van der Waals surface area (Å²) in [5.41, 5.74) is 0. The monoisotopic (exact) mass is 245 g/mol. The Hall–Kier alpha value is 0.110. The topological polar surface area (TPSA) is 29.1 Å². The molecule has 1 aliphatic carbocycles. The fourth-order valence-electron chi connectivity index (χ4n) is 2.33. The molecule has 3 heteroatoms. The van der Waals surface area contributed by atoms with E-state index in [9.17, 15) is 4.21 Å². The number of rotatable bonds is 7. The van der Waals surface area contributed by atoms with Crippen LogP contribution in [0.3, 0.4) is 0 Å². The van der Waals surface area contributed by atoms with Gasteiger partial charge >= 0.3 is 0 Å². The highest BCUT2D eigenvalue weighted by Gasteiger charge is 2.23. The maximum atomic E-state index is 12.2. The molecule has 1 saturated carbocycles. The first-order chi connectivity index (χ1) is 7.65. The summed E-state index contributed by atoms with van der Waals surface area (Å²) in [5.74, 6) is 1.67. The molecule has 96 valence electrons. The van der Waals surface area contributed by atoms with E-state index in [1.54, 1.807) is 0 Å². The van der Waals surface area contributed by atoms with Gasteiger partial charge in [0, 0.05) is 27.8 Å². The molecule has 0 aromatic rings. The molecule has 3 atom stereocenters. The lowest BCUT2D eigenvalue weighted by Crippen LogP contribution is -2.39. The fraction of sp³-hybridized carbons (Fsp3) is 1.00.